The van der Waals surface area contributed by atoms with E-state index in [0.29, 0.717) is 38.1 Å². The summed E-state index contributed by atoms with van der Waals surface area (Å²) in [6.07, 6.45) is 3.70. The molecule has 420 valence electrons. The van der Waals surface area contributed by atoms with Gasteiger partial charge in [0.1, 0.15) is 29.0 Å². The van der Waals surface area contributed by atoms with Gasteiger partial charge < -0.3 is 48.4 Å². The van der Waals surface area contributed by atoms with Crippen molar-refractivity contribution in [3.05, 3.63) is 161 Å². The van der Waals surface area contributed by atoms with E-state index in [9.17, 15) is 31.9 Å². The molecule has 0 bridgehead atoms. The topological polar surface area (TPSA) is 128 Å². The Morgan fingerprint density at radius 1 is 0.500 bits per heavy atom. The van der Waals surface area contributed by atoms with Gasteiger partial charge in [0, 0.05) is 38.2 Å². The molecule has 5 aromatic rings. The van der Waals surface area contributed by atoms with E-state index in [-0.39, 0.29) is 83.5 Å². The van der Waals surface area contributed by atoms with E-state index < -0.39 is 0 Å². The highest BCUT2D eigenvalue weighted by molar-refractivity contribution is 5.75. The third kappa shape index (κ3) is 16.3. The molecule has 0 aromatic heterocycles. The number of hydrogen-bond acceptors (Lipinski definition) is 13. The first-order valence-corrected chi connectivity index (χ1v) is 26.7. The van der Waals surface area contributed by atoms with Crippen LogP contribution in [-0.2, 0) is 28.6 Å². The molecule has 13 nitrogen and oxygen atoms in total. The zero-order chi connectivity index (χ0) is 55.7. The molecule has 0 amide bonds. The fraction of sp³-hybridized carbons (Fsp3) is 0.459. The maximum absolute atomic E-state index is 13.2. The molecule has 0 spiro atoms. The summed E-state index contributed by atoms with van der Waals surface area (Å²) < 4.78 is 83.3. The van der Waals surface area contributed by atoms with Crippen LogP contribution in [-0.4, -0.2) is 141 Å². The number of benzene rings is 5. The lowest BCUT2D eigenvalue weighted by Gasteiger charge is -2.35. The number of methoxy groups -OCH3 is 3. The maximum atomic E-state index is 13.2. The number of halogens is 4. The lowest BCUT2D eigenvalue weighted by Crippen LogP contribution is -2.41. The molecule has 5 heterocycles. The number of esters is 3. The van der Waals surface area contributed by atoms with E-state index in [1.54, 1.807) is 36.4 Å². The predicted molar refractivity (Wildman–Crippen MR) is 288 cm³/mol. The third-order valence-electron chi connectivity index (χ3n) is 15.6. The molecule has 4 fully saturated rings. The SMILES string of the molecule is COC(=O)[C@@H]1CN(C)CC[C@H]1c1ccc(F)cc1.COC(=O)[C@H]1CN(C)CC[C@H]1c1ccc(F)cc1.COC(=O)[C@H]1CN(C)CC[C@H]1c1ccc(F)cc1.Fc1ccc([C@@H]2CCNC[C@H]2COc2ccc3c(c2)OCO3)cc1. The Kier molecular flexibility index (Phi) is 21.9. The molecule has 0 unspecified atom stereocenters. The fourth-order valence-electron chi connectivity index (χ4n) is 11.3. The van der Waals surface area contributed by atoms with Crippen LogP contribution in [0.2, 0.25) is 0 Å². The normalized spacial score (nSPS) is 24.1. The van der Waals surface area contributed by atoms with Crippen LogP contribution in [0.4, 0.5) is 17.6 Å². The number of carbonyl (C=O) groups excluding carboxylic acids is 3. The lowest BCUT2D eigenvalue weighted by atomic mass is 9.80. The van der Waals surface area contributed by atoms with Gasteiger partial charge in [0.25, 0.3) is 0 Å². The minimum absolute atomic E-state index is 0.120. The van der Waals surface area contributed by atoms with E-state index in [0.717, 1.165) is 92.3 Å². The molecular formula is C61H74F4N4O9. The molecule has 4 saturated heterocycles. The molecule has 5 aliphatic rings. The van der Waals surface area contributed by atoms with Gasteiger partial charge in [-0.3, -0.25) is 14.4 Å². The third-order valence-corrected chi connectivity index (χ3v) is 15.6. The van der Waals surface area contributed by atoms with Crippen LogP contribution in [0.25, 0.3) is 0 Å². The van der Waals surface area contributed by atoms with Gasteiger partial charge in [-0.1, -0.05) is 48.5 Å². The van der Waals surface area contributed by atoms with Crippen molar-refractivity contribution in [1.29, 1.82) is 0 Å². The highest BCUT2D eigenvalue weighted by atomic mass is 19.1. The standard InChI is InChI=1S/C19H20FNO3.3C14H18FNO2/c20-15-3-1-13(2-4-15)17-7-8-21-10-14(17)11-22-16-5-6-18-19(9-16)24-12-23-18;3*1-16-8-7-12(13(9-16)14(17)18-2)10-3-5-11(15)6-4-10/h1-6,9,14,17,21H,7-8,10-12H2;3*3-6,12-13H,7-9H2,1-2H3/t14-,17-;12-,13+;2*12-,13-/m0000/s1. The summed E-state index contributed by atoms with van der Waals surface area (Å²) in [5, 5.41) is 3.43. The van der Waals surface area contributed by atoms with Gasteiger partial charge in [0.2, 0.25) is 6.79 Å². The Morgan fingerprint density at radius 2 is 0.859 bits per heavy atom. The Balaban J connectivity index is 0.000000152. The van der Waals surface area contributed by atoms with Crippen molar-refractivity contribution in [3.8, 4) is 17.2 Å². The van der Waals surface area contributed by atoms with E-state index in [1.165, 1.54) is 75.4 Å². The number of carbonyl (C=O) groups is 3. The highest BCUT2D eigenvalue weighted by Crippen LogP contribution is 2.38. The largest absolute Gasteiger partial charge is 0.493 e. The number of piperidine rings is 4. The van der Waals surface area contributed by atoms with E-state index in [2.05, 4.69) is 20.0 Å². The summed E-state index contributed by atoms with van der Waals surface area (Å²) in [6.45, 7) is 7.63. The number of nitrogens with one attached hydrogen (secondary N) is 1. The minimum Gasteiger partial charge on any atom is -0.493 e. The Bertz CT molecular complexity index is 2490. The van der Waals surface area contributed by atoms with Crippen LogP contribution in [0.15, 0.2) is 115 Å². The minimum atomic E-state index is -0.249. The zero-order valence-electron chi connectivity index (χ0n) is 45.5. The van der Waals surface area contributed by atoms with E-state index >= 15 is 0 Å². The van der Waals surface area contributed by atoms with Gasteiger partial charge in [-0.05, 0) is 180 Å². The lowest BCUT2D eigenvalue weighted by molar-refractivity contribution is -0.148. The van der Waals surface area contributed by atoms with Gasteiger partial charge in [0.15, 0.2) is 11.5 Å². The summed E-state index contributed by atoms with van der Waals surface area (Å²) in [4.78, 5) is 41.9. The van der Waals surface area contributed by atoms with E-state index in [1.807, 2.05) is 51.5 Å². The monoisotopic (exact) mass is 1080 g/mol. The molecular weight excluding hydrogens is 1010 g/mol. The van der Waals surface area contributed by atoms with Crippen molar-refractivity contribution < 1.29 is 60.4 Å². The Morgan fingerprint density at radius 3 is 1.23 bits per heavy atom. The van der Waals surface area contributed by atoms with E-state index in [4.69, 9.17) is 28.4 Å². The smallest absolute Gasteiger partial charge is 0.310 e. The van der Waals surface area contributed by atoms with Crippen LogP contribution >= 0.6 is 0 Å². The van der Waals surface area contributed by atoms with Gasteiger partial charge in [-0.25, -0.2) is 17.6 Å². The Labute approximate surface area is 456 Å². The summed E-state index contributed by atoms with van der Waals surface area (Å²) in [5.41, 5.74) is 4.22. The Hall–Kier alpha value is -6.53. The van der Waals surface area contributed by atoms with Crippen LogP contribution in [0, 0.1) is 46.9 Å². The number of likely N-dealkylation sites (tertiary alicyclic amines) is 3. The molecule has 0 radical (unpaired) electrons. The van der Waals surface area contributed by atoms with Crippen LogP contribution in [0.5, 0.6) is 17.2 Å². The molecule has 8 atom stereocenters. The molecule has 0 aliphatic carbocycles. The quantitative estimate of drug-likeness (QED) is 0.0812. The number of fused-ring (bicyclic) bond motifs is 1. The average molecular weight is 1080 g/mol. The van der Waals surface area contributed by atoms with Gasteiger partial charge in [-0.15, -0.1) is 0 Å². The molecule has 10 rings (SSSR count). The van der Waals surface area contributed by atoms with Crippen LogP contribution < -0.4 is 19.5 Å². The number of nitrogens with zero attached hydrogens (tertiary/aromatic N) is 3. The van der Waals surface area contributed by atoms with Crippen molar-refractivity contribution in [3.63, 3.8) is 0 Å². The molecule has 1 N–H and O–H groups in total. The van der Waals surface area contributed by atoms with Crippen LogP contribution in [0.1, 0.15) is 71.6 Å². The zero-order valence-corrected chi connectivity index (χ0v) is 45.5. The fourth-order valence-corrected chi connectivity index (χ4v) is 11.3. The van der Waals surface area contributed by atoms with Gasteiger partial charge in [0.05, 0.1) is 45.7 Å². The first-order valence-electron chi connectivity index (χ1n) is 26.7. The van der Waals surface area contributed by atoms with Crippen molar-refractivity contribution in [2.75, 3.05) is 108 Å². The summed E-state index contributed by atoms with van der Waals surface area (Å²) in [6, 6.07) is 31.7. The number of hydrogen-bond donors (Lipinski definition) is 1. The second-order valence-electron chi connectivity index (χ2n) is 20.8. The van der Waals surface area contributed by atoms with Crippen molar-refractivity contribution in [2.24, 2.45) is 23.7 Å². The van der Waals surface area contributed by atoms with Crippen molar-refractivity contribution in [2.45, 2.75) is 49.4 Å². The summed E-state index contributed by atoms with van der Waals surface area (Å²) >= 11 is 0. The first kappa shape index (κ1) is 59.1. The highest BCUT2D eigenvalue weighted by Gasteiger charge is 2.37. The molecule has 0 saturated carbocycles. The molecule has 17 heteroatoms. The average Bonchev–Trinajstić information content (AvgIpc) is 3.96. The molecule has 5 aromatic carbocycles. The maximum Gasteiger partial charge on any atom is 0.310 e. The summed E-state index contributed by atoms with van der Waals surface area (Å²) in [7, 11) is 10.2. The first-order chi connectivity index (χ1) is 37.6. The van der Waals surface area contributed by atoms with Crippen LogP contribution in [0.3, 0.4) is 0 Å². The van der Waals surface area contributed by atoms with Gasteiger partial charge in [-0.2, -0.15) is 0 Å². The second kappa shape index (κ2) is 28.9. The van der Waals surface area contributed by atoms with Gasteiger partial charge >= 0.3 is 17.9 Å². The second-order valence-corrected chi connectivity index (χ2v) is 20.8. The molecule has 78 heavy (non-hydrogen) atoms. The number of rotatable bonds is 10. The summed E-state index contributed by atoms with van der Waals surface area (Å²) in [5.74, 6) is 1.34. The number of ether oxygens (including phenoxy) is 6. The predicted octanol–water partition coefficient (Wildman–Crippen LogP) is 9.43. The molecule has 5 aliphatic heterocycles. The van der Waals surface area contributed by atoms with Crippen molar-refractivity contribution in [1.82, 2.24) is 20.0 Å². The van der Waals surface area contributed by atoms with Crippen molar-refractivity contribution >= 4 is 17.9 Å².